The van der Waals surface area contributed by atoms with Gasteiger partial charge >= 0.3 is 0 Å². The molecule has 0 aliphatic heterocycles. The Kier molecular flexibility index (Phi) is 3.49. The quantitative estimate of drug-likeness (QED) is 0.504. The summed E-state index contributed by atoms with van der Waals surface area (Å²) in [6.45, 7) is 0. The van der Waals surface area contributed by atoms with Crippen molar-refractivity contribution >= 4 is 27.6 Å². The molecule has 0 aliphatic carbocycles. The lowest BCUT2D eigenvalue weighted by atomic mass is 9.99. The van der Waals surface area contributed by atoms with Gasteiger partial charge in [0.25, 0.3) is 0 Å². The minimum absolute atomic E-state index is 0.240. The Morgan fingerprint density at radius 2 is 1.71 bits per heavy atom. The average molecular weight is 319 g/mol. The van der Waals surface area contributed by atoms with Gasteiger partial charge in [0, 0.05) is 30.6 Å². The maximum atomic E-state index is 13.7. The lowest BCUT2D eigenvalue weighted by Gasteiger charge is -2.12. The van der Waals surface area contributed by atoms with E-state index in [1.807, 2.05) is 26.2 Å². The Morgan fingerprint density at radius 1 is 0.917 bits per heavy atom. The Bertz CT molecular complexity index is 1020. The van der Waals surface area contributed by atoms with Gasteiger partial charge in [0.05, 0.1) is 0 Å². The van der Waals surface area contributed by atoms with E-state index in [1.54, 1.807) is 12.1 Å². The van der Waals surface area contributed by atoms with Crippen LogP contribution in [0.15, 0.2) is 65.1 Å². The minimum Gasteiger partial charge on any atom is -0.456 e. The van der Waals surface area contributed by atoms with Crippen LogP contribution < -0.4 is 4.90 Å². The van der Waals surface area contributed by atoms with Gasteiger partial charge in [-0.15, -0.1) is 0 Å². The second-order valence-corrected chi connectivity index (χ2v) is 6.27. The van der Waals surface area contributed by atoms with Crippen LogP contribution in [-0.2, 0) is 6.42 Å². The predicted molar refractivity (Wildman–Crippen MR) is 97.3 cm³/mol. The molecule has 0 aliphatic rings. The van der Waals surface area contributed by atoms with Crippen molar-refractivity contribution in [1.29, 1.82) is 0 Å². The number of fused-ring (bicyclic) bond motifs is 3. The number of anilines is 1. The zero-order valence-electron chi connectivity index (χ0n) is 13.7. The Hall–Kier alpha value is -2.81. The molecule has 2 nitrogen and oxygen atoms in total. The molecule has 0 spiro atoms. The van der Waals surface area contributed by atoms with E-state index < -0.39 is 0 Å². The molecule has 120 valence electrons. The van der Waals surface area contributed by atoms with E-state index in [4.69, 9.17) is 4.42 Å². The summed E-state index contributed by atoms with van der Waals surface area (Å²) in [5.41, 5.74) is 5.07. The molecule has 4 aromatic rings. The molecule has 3 aromatic carbocycles. The second kappa shape index (κ2) is 5.68. The molecular weight excluding hydrogens is 301 g/mol. The molecule has 0 atom stereocenters. The third-order valence-electron chi connectivity index (χ3n) is 4.39. The maximum Gasteiger partial charge on any atom is 0.135 e. The van der Waals surface area contributed by atoms with E-state index in [0.29, 0.717) is 0 Å². The third kappa shape index (κ3) is 2.52. The van der Waals surface area contributed by atoms with E-state index in [0.717, 1.165) is 33.9 Å². The molecule has 24 heavy (non-hydrogen) atoms. The second-order valence-electron chi connectivity index (χ2n) is 6.27. The zero-order valence-corrected chi connectivity index (χ0v) is 13.7. The first kappa shape index (κ1) is 14.8. The molecule has 1 heterocycles. The van der Waals surface area contributed by atoms with Crippen LogP contribution in [-0.4, -0.2) is 14.1 Å². The summed E-state index contributed by atoms with van der Waals surface area (Å²) in [5.74, 6) is -0.240. The highest BCUT2D eigenvalue weighted by molar-refractivity contribution is 6.06. The Labute approximate surface area is 140 Å². The number of hydrogen-bond acceptors (Lipinski definition) is 2. The highest BCUT2D eigenvalue weighted by atomic mass is 19.1. The van der Waals surface area contributed by atoms with Gasteiger partial charge in [0.2, 0.25) is 0 Å². The SMILES string of the molecule is CN(C)c1ccc(Cc2cccc3oc4ccc(F)cc4c23)cc1. The van der Waals surface area contributed by atoms with Crippen molar-refractivity contribution < 1.29 is 8.81 Å². The zero-order chi connectivity index (χ0) is 16.7. The van der Waals surface area contributed by atoms with Gasteiger partial charge < -0.3 is 9.32 Å². The molecule has 0 bridgehead atoms. The molecule has 0 amide bonds. The number of benzene rings is 3. The Balaban J connectivity index is 1.81. The lowest BCUT2D eigenvalue weighted by Crippen LogP contribution is -2.08. The van der Waals surface area contributed by atoms with Gasteiger partial charge in [0.15, 0.2) is 0 Å². The van der Waals surface area contributed by atoms with Crippen LogP contribution in [0.3, 0.4) is 0 Å². The fourth-order valence-electron chi connectivity index (χ4n) is 3.15. The van der Waals surface area contributed by atoms with Crippen LogP contribution in [0.4, 0.5) is 10.1 Å². The highest BCUT2D eigenvalue weighted by Gasteiger charge is 2.12. The van der Waals surface area contributed by atoms with Gasteiger partial charge in [-0.2, -0.15) is 0 Å². The van der Waals surface area contributed by atoms with Gasteiger partial charge in [-0.1, -0.05) is 24.3 Å². The van der Waals surface area contributed by atoms with Crippen molar-refractivity contribution in [3.05, 3.63) is 77.6 Å². The van der Waals surface area contributed by atoms with Crippen molar-refractivity contribution in [3.63, 3.8) is 0 Å². The smallest absolute Gasteiger partial charge is 0.135 e. The van der Waals surface area contributed by atoms with Crippen molar-refractivity contribution in [2.45, 2.75) is 6.42 Å². The monoisotopic (exact) mass is 319 g/mol. The van der Waals surface area contributed by atoms with E-state index in [1.165, 1.54) is 17.3 Å². The minimum atomic E-state index is -0.240. The van der Waals surface area contributed by atoms with E-state index in [-0.39, 0.29) is 5.82 Å². The average Bonchev–Trinajstić information content (AvgIpc) is 2.94. The fraction of sp³-hybridized carbons (Fsp3) is 0.143. The van der Waals surface area contributed by atoms with Crippen molar-refractivity contribution in [1.82, 2.24) is 0 Å². The van der Waals surface area contributed by atoms with Gasteiger partial charge in [-0.3, -0.25) is 0 Å². The van der Waals surface area contributed by atoms with Crippen LogP contribution in [0.2, 0.25) is 0 Å². The summed E-state index contributed by atoms with van der Waals surface area (Å²) in [7, 11) is 4.06. The van der Waals surface area contributed by atoms with Crippen LogP contribution >= 0.6 is 0 Å². The summed E-state index contributed by atoms with van der Waals surface area (Å²) in [5, 5.41) is 1.84. The molecule has 0 saturated carbocycles. The molecule has 0 saturated heterocycles. The molecular formula is C21H18FNO. The van der Waals surface area contributed by atoms with Crippen molar-refractivity contribution in [3.8, 4) is 0 Å². The lowest BCUT2D eigenvalue weighted by molar-refractivity contribution is 0.626. The summed E-state index contributed by atoms with van der Waals surface area (Å²) in [6.07, 6.45) is 0.788. The number of hydrogen-bond donors (Lipinski definition) is 0. The molecule has 0 N–H and O–H groups in total. The third-order valence-corrected chi connectivity index (χ3v) is 4.39. The van der Waals surface area contributed by atoms with E-state index >= 15 is 0 Å². The number of nitrogens with zero attached hydrogens (tertiary/aromatic N) is 1. The summed E-state index contributed by atoms with van der Waals surface area (Å²) in [6, 6.07) is 19.2. The first-order chi connectivity index (χ1) is 11.6. The molecule has 3 heteroatoms. The summed E-state index contributed by atoms with van der Waals surface area (Å²) in [4.78, 5) is 2.08. The van der Waals surface area contributed by atoms with Crippen molar-refractivity contribution in [2.75, 3.05) is 19.0 Å². The van der Waals surface area contributed by atoms with Gasteiger partial charge in [0.1, 0.15) is 17.0 Å². The molecule has 4 rings (SSSR count). The maximum absolute atomic E-state index is 13.7. The normalized spacial score (nSPS) is 11.3. The number of furan rings is 1. The first-order valence-corrected chi connectivity index (χ1v) is 7.98. The van der Waals surface area contributed by atoms with Crippen LogP contribution in [0.25, 0.3) is 21.9 Å². The first-order valence-electron chi connectivity index (χ1n) is 7.98. The predicted octanol–water partition coefficient (Wildman–Crippen LogP) is 5.38. The summed E-state index contributed by atoms with van der Waals surface area (Å²) >= 11 is 0. The van der Waals surface area contributed by atoms with E-state index in [9.17, 15) is 4.39 Å². The van der Waals surface area contributed by atoms with Crippen LogP contribution in [0.1, 0.15) is 11.1 Å². The highest BCUT2D eigenvalue weighted by Crippen LogP contribution is 2.33. The molecule has 0 fully saturated rings. The van der Waals surface area contributed by atoms with Gasteiger partial charge in [-0.05, 0) is 53.9 Å². The Morgan fingerprint density at radius 3 is 2.46 bits per heavy atom. The van der Waals surface area contributed by atoms with Crippen LogP contribution in [0.5, 0.6) is 0 Å². The molecule has 0 unspecified atom stereocenters. The fourth-order valence-corrected chi connectivity index (χ4v) is 3.15. The number of rotatable bonds is 3. The molecule has 0 radical (unpaired) electrons. The standard InChI is InChI=1S/C21H18FNO/c1-23(2)17-9-6-14(7-10-17)12-15-4-3-5-20-21(15)18-13-16(22)8-11-19(18)24-20/h3-11,13H,12H2,1-2H3. The van der Waals surface area contributed by atoms with Gasteiger partial charge in [-0.25, -0.2) is 4.39 Å². The van der Waals surface area contributed by atoms with E-state index in [2.05, 4.69) is 35.2 Å². The van der Waals surface area contributed by atoms with Crippen LogP contribution in [0, 0.1) is 5.82 Å². The molecule has 1 aromatic heterocycles. The topological polar surface area (TPSA) is 16.4 Å². The largest absolute Gasteiger partial charge is 0.456 e. The number of halogens is 1. The van der Waals surface area contributed by atoms with Crippen molar-refractivity contribution in [2.24, 2.45) is 0 Å². The summed E-state index contributed by atoms with van der Waals surface area (Å²) < 4.78 is 19.5.